The summed E-state index contributed by atoms with van der Waals surface area (Å²) < 4.78 is 0. The van der Waals surface area contributed by atoms with Gasteiger partial charge in [-0.25, -0.2) is 0 Å². The van der Waals surface area contributed by atoms with Crippen LogP contribution in [0.25, 0.3) is 0 Å². The number of carbonyl (C=O) groups is 3. The van der Waals surface area contributed by atoms with Gasteiger partial charge in [-0.2, -0.15) is 0 Å². The van der Waals surface area contributed by atoms with Gasteiger partial charge in [-0.15, -0.1) is 0 Å². The number of nitrogens with zero attached hydrogens (tertiary/aromatic N) is 3. The van der Waals surface area contributed by atoms with Crippen molar-refractivity contribution in [1.82, 2.24) is 9.80 Å². The number of carbonyl (C=O) groups excluding carboxylic acids is 3. The van der Waals surface area contributed by atoms with Crippen LogP contribution in [-0.2, 0) is 14.4 Å². The van der Waals surface area contributed by atoms with Crippen molar-refractivity contribution >= 4 is 23.4 Å². The number of unbranched alkanes of at least 4 members (excludes halogenated alkanes) is 1. The van der Waals surface area contributed by atoms with Gasteiger partial charge in [0.05, 0.1) is 0 Å². The Labute approximate surface area is 174 Å². The topological polar surface area (TPSA) is 60.9 Å². The fourth-order valence-corrected chi connectivity index (χ4v) is 3.61. The van der Waals surface area contributed by atoms with E-state index >= 15 is 0 Å². The molecule has 1 aliphatic heterocycles. The zero-order valence-corrected chi connectivity index (χ0v) is 18.5. The predicted octanol–water partition coefficient (Wildman–Crippen LogP) is 3.58. The molecule has 1 saturated heterocycles. The Morgan fingerprint density at radius 3 is 2.34 bits per heavy atom. The van der Waals surface area contributed by atoms with Crippen LogP contribution in [0, 0.1) is 12.8 Å². The van der Waals surface area contributed by atoms with Crippen LogP contribution < -0.4 is 4.90 Å². The molecule has 0 unspecified atom stereocenters. The minimum Gasteiger partial charge on any atom is -0.331 e. The lowest BCUT2D eigenvalue weighted by Gasteiger charge is -2.31. The minimum absolute atomic E-state index is 0.0220. The summed E-state index contributed by atoms with van der Waals surface area (Å²) in [5, 5.41) is 0. The molecule has 1 aliphatic rings. The molecule has 1 atom stereocenters. The van der Waals surface area contributed by atoms with Gasteiger partial charge in [-0.05, 0) is 45.7 Å². The third-order valence-corrected chi connectivity index (χ3v) is 5.60. The molecule has 0 aromatic heterocycles. The number of hydrogen-bond acceptors (Lipinski definition) is 3. The normalized spacial score (nSPS) is 15.2. The summed E-state index contributed by atoms with van der Waals surface area (Å²) >= 11 is 0. The Morgan fingerprint density at radius 2 is 1.79 bits per heavy atom. The fourth-order valence-electron chi connectivity index (χ4n) is 3.61. The van der Waals surface area contributed by atoms with E-state index in [1.807, 2.05) is 52.0 Å². The lowest BCUT2D eigenvalue weighted by molar-refractivity contribution is -0.144. The van der Waals surface area contributed by atoms with Crippen LogP contribution in [0.2, 0.25) is 0 Å². The summed E-state index contributed by atoms with van der Waals surface area (Å²) in [6.07, 6.45) is 3.69. The van der Waals surface area contributed by atoms with Crippen LogP contribution in [0.15, 0.2) is 24.3 Å². The van der Waals surface area contributed by atoms with Crippen molar-refractivity contribution in [3.63, 3.8) is 0 Å². The molecule has 29 heavy (non-hydrogen) atoms. The minimum atomic E-state index is -0.180. The van der Waals surface area contributed by atoms with E-state index in [1.54, 1.807) is 9.80 Å². The fraction of sp³-hybridized carbons (Fsp3) is 0.609. The second-order valence-electron chi connectivity index (χ2n) is 8.20. The molecule has 0 spiro atoms. The van der Waals surface area contributed by atoms with Gasteiger partial charge in [-0.1, -0.05) is 44.4 Å². The molecule has 0 saturated carbocycles. The molecule has 1 fully saturated rings. The highest BCUT2D eigenvalue weighted by Crippen LogP contribution is 2.21. The zero-order valence-electron chi connectivity index (χ0n) is 18.5. The molecule has 0 bridgehead atoms. The van der Waals surface area contributed by atoms with Gasteiger partial charge in [0.15, 0.2) is 0 Å². The van der Waals surface area contributed by atoms with Crippen LogP contribution in [0.1, 0.15) is 58.9 Å². The summed E-state index contributed by atoms with van der Waals surface area (Å²) in [5.41, 5.74) is 1.91. The van der Waals surface area contributed by atoms with Gasteiger partial charge in [-0.3, -0.25) is 19.3 Å². The van der Waals surface area contributed by atoms with Crippen molar-refractivity contribution < 1.29 is 14.4 Å². The number of rotatable bonds is 9. The van der Waals surface area contributed by atoms with Gasteiger partial charge in [0.25, 0.3) is 0 Å². The van der Waals surface area contributed by atoms with E-state index in [1.165, 1.54) is 4.90 Å². The molecule has 1 heterocycles. The summed E-state index contributed by atoms with van der Waals surface area (Å²) in [7, 11) is 0. The van der Waals surface area contributed by atoms with E-state index in [-0.39, 0.29) is 49.4 Å². The van der Waals surface area contributed by atoms with E-state index in [0.29, 0.717) is 0 Å². The molecule has 0 N–H and O–H groups in total. The Balaban J connectivity index is 2.05. The maximum absolute atomic E-state index is 13.0. The van der Waals surface area contributed by atoms with E-state index in [4.69, 9.17) is 0 Å². The smallest absolute Gasteiger partial charge is 0.248 e. The molecule has 1 aromatic rings. The average Bonchev–Trinajstić information content (AvgIpc) is 3.08. The zero-order chi connectivity index (χ0) is 21.6. The number of anilines is 1. The Kier molecular flexibility index (Phi) is 8.23. The van der Waals surface area contributed by atoms with Crippen LogP contribution in [0.5, 0.6) is 0 Å². The number of aryl methyl sites for hydroxylation is 1. The van der Waals surface area contributed by atoms with Crippen LogP contribution in [0.3, 0.4) is 0 Å². The number of benzene rings is 1. The molecule has 1 aromatic carbocycles. The molecule has 0 radical (unpaired) electrons. The Bertz CT molecular complexity index is 715. The van der Waals surface area contributed by atoms with Crippen molar-refractivity contribution in [2.24, 2.45) is 5.92 Å². The van der Waals surface area contributed by atoms with Crippen molar-refractivity contribution in [1.29, 1.82) is 0 Å². The number of hydrogen-bond donors (Lipinski definition) is 0. The average molecular weight is 402 g/mol. The van der Waals surface area contributed by atoms with Gasteiger partial charge in [0.2, 0.25) is 17.7 Å². The Morgan fingerprint density at radius 1 is 1.14 bits per heavy atom. The first-order valence-electron chi connectivity index (χ1n) is 10.7. The molecule has 6 nitrogen and oxygen atoms in total. The SMILES string of the molecule is CCCC[C@H](CC)C(=O)N(CC(=O)N1CC(=O)N(c2ccc(C)cc2)C1)C(C)C. The molecule has 160 valence electrons. The predicted molar refractivity (Wildman–Crippen MR) is 115 cm³/mol. The van der Waals surface area contributed by atoms with Crippen molar-refractivity contribution in [2.45, 2.75) is 66.3 Å². The molecule has 6 heteroatoms. The molecule has 3 amide bonds. The van der Waals surface area contributed by atoms with Gasteiger partial charge in [0, 0.05) is 17.6 Å². The standard InChI is InChI=1S/C23H35N3O3/c1-6-8-9-19(7-2)23(29)25(17(3)4)15-21(27)24-14-22(28)26(16-24)20-12-10-18(5)11-13-20/h10-13,17,19H,6-9,14-16H2,1-5H3/t19-/m0/s1. The maximum Gasteiger partial charge on any atom is 0.248 e. The van der Waals surface area contributed by atoms with Crippen molar-refractivity contribution in [3.05, 3.63) is 29.8 Å². The summed E-state index contributed by atoms with van der Waals surface area (Å²) in [5.74, 6) is -0.279. The monoisotopic (exact) mass is 401 g/mol. The summed E-state index contributed by atoms with van der Waals surface area (Å²) in [4.78, 5) is 43.2. The third kappa shape index (κ3) is 5.81. The van der Waals surface area contributed by atoms with Crippen molar-refractivity contribution in [2.75, 3.05) is 24.7 Å². The first-order valence-corrected chi connectivity index (χ1v) is 10.7. The molecule has 2 rings (SSSR count). The second kappa shape index (κ2) is 10.4. The first kappa shape index (κ1) is 22.9. The summed E-state index contributed by atoms with van der Waals surface area (Å²) in [6.45, 7) is 10.3. The van der Waals surface area contributed by atoms with Crippen LogP contribution in [-0.4, -0.2) is 53.3 Å². The largest absolute Gasteiger partial charge is 0.331 e. The highest BCUT2D eigenvalue weighted by Gasteiger charge is 2.34. The van der Waals surface area contributed by atoms with Crippen molar-refractivity contribution in [3.8, 4) is 0 Å². The molecular weight excluding hydrogens is 366 g/mol. The number of amides is 3. The van der Waals surface area contributed by atoms with E-state index in [0.717, 1.165) is 36.9 Å². The summed E-state index contributed by atoms with van der Waals surface area (Å²) in [6, 6.07) is 7.63. The van der Waals surface area contributed by atoms with Crippen LogP contribution >= 0.6 is 0 Å². The van der Waals surface area contributed by atoms with Gasteiger partial charge >= 0.3 is 0 Å². The molecule has 0 aliphatic carbocycles. The van der Waals surface area contributed by atoms with E-state index in [9.17, 15) is 14.4 Å². The highest BCUT2D eigenvalue weighted by molar-refractivity contribution is 6.00. The highest BCUT2D eigenvalue weighted by atomic mass is 16.2. The lowest BCUT2D eigenvalue weighted by Crippen LogP contribution is -2.47. The maximum atomic E-state index is 13.0. The van der Waals surface area contributed by atoms with E-state index in [2.05, 4.69) is 6.92 Å². The quantitative estimate of drug-likeness (QED) is 0.635. The van der Waals surface area contributed by atoms with E-state index < -0.39 is 0 Å². The van der Waals surface area contributed by atoms with Gasteiger partial charge < -0.3 is 9.80 Å². The Hall–Kier alpha value is -2.37. The molecular formula is C23H35N3O3. The van der Waals surface area contributed by atoms with Crippen LogP contribution in [0.4, 0.5) is 5.69 Å². The first-order chi connectivity index (χ1) is 13.8. The second-order valence-corrected chi connectivity index (χ2v) is 8.20. The van der Waals surface area contributed by atoms with Gasteiger partial charge in [0.1, 0.15) is 19.8 Å². The lowest BCUT2D eigenvalue weighted by atomic mass is 9.97. The third-order valence-electron chi connectivity index (χ3n) is 5.60.